The van der Waals surface area contributed by atoms with E-state index in [-0.39, 0.29) is 17.1 Å². The van der Waals surface area contributed by atoms with Gasteiger partial charge in [-0.2, -0.15) is 0 Å². The van der Waals surface area contributed by atoms with Crippen molar-refractivity contribution in [2.24, 2.45) is 0 Å². The molecule has 0 aliphatic heterocycles. The van der Waals surface area contributed by atoms with Crippen molar-refractivity contribution in [1.29, 1.82) is 0 Å². The first-order valence-electron chi connectivity index (χ1n) is 5.98. The summed E-state index contributed by atoms with van der Waals surface area (Å²) in [6.07, 6.45) is 0. The Morgan fingerprint density at radius 3 is 2.74 bits per heavy atom. The molecule has 0 amide bonds. The van der Waals surface area contributed by atoms with Gasteiger partial charge in [0.15, 0.2) is 5.78 Å². The molecule has 0 atom stereocenters. The molecule has 0 aliphatic rings. The molecule has 98 valence electrons. The average Bonchev–Trinajstić information content (AvgIpc) is 2.40. The fourth-order valence-corrected chi connectivity index (χ4v) is 1.79. The molecule has 0 fully saturated rings. The number of phenolic OH excluding ortho intramolecular Hbond substituents is 1. The Kier molecular flexibility index (Phi) is 3.71. The second-order valence-electron chi connectivity index (χ2n) is 4.07. The molecule has 0 spiro atoms. The van der Waals surface area contributed by atoms with E-state index in [1.165, 1.54) is 12.1 Å². The van der Waals surface area contributed by atoms with Crippen LogP contribution in [0.25, 0.3) is 0 Å². The summed E-state index contributed by atoms with van der Waals surface area (Å²) < 4.78 is 5.32. The number of anilines is 1. The lowest BCUT2D eigenvalue weighted by atomic mass is 10.0. The molecule has 0 heterocycles. The zero-order valence-corrected chi connectivity index (χ0v) is 10.6. The number of nitrogens with two attached hydrogens (primary N) is 1. The summed E-state index contributed by atoms with van der Waals surface area (Å²) in [5.74, 6) is 0.190. The van der Waals surface area contributed by atoms with Crippen molar-refractivity contribution < 1.29 is 14.6 Å². The van der Waals surface area contributed by atoms with Crippen LogP contribution in [0.5, 0.6) is 11.5 Å². The predicted octanol–water partition coefficient (Wildman–Crippen LogP) is 2.60. The fraction of sp³-hybridized carbons (Fsp3) is 0.133. The molecule has 0 saturated heterocycles. The SMILES string of the molecule is CCOc1ccc(O)c(C(=O)c2cccc(N)c2)c1. The van der Waals surface area contributed by atoms with E-state index in [1.807, 2.05) is 6.92 Å². The molecule has 0 bridgehead atoms. The minimum atomic E-state index is -0.286. The third-order valence-electron chi connectivity index (χ3n) is 2.67. The number of carbonyl (C=O) groups is 1. The number of ketones is 1. The van der Waals surface area contributed by atoms with E-state index >= 15 is 0 Å². The largest absolute Gasteiger partial charge is 0.507 e. The van der Waals surface area contributed by atoms with Gasteiger partial charge < -0.3 is 15.6 Å². The number of phenols is 1. The number of aromatic hydroxyl groups is 1. The molecule has 4 heteroatoms. The van der Waals surface area contributed by atoms with E-state index in [4.69, 9.17) is 10.5 Å². The fourth-order valence-electron chi connectivity index (χ4n) is 1.79. The summed E-state index contributed by atoms with van der Waals surface area (Å²) in [5, 5.41) is 9.80. The van der Waals surface area contributed by atoms with Gasteiger partial charge in [-0.3, -0.25) is 4.79 Å². The lowest BCUT2D eigenvalue weighted by Gasteiger charge is -2.08. The molecule has 2 aromatic carbocycles. The zero-order valence-electron chi connectivity index (χ0n) is 10.6. The van der Waals surface area contributed by atoms with Gasteiger partial charge in [0, 0.05) is 11.3 Å². The normalized spacial score (nSPS) is 10.2. The van der Waals surface area contributed by atoms with Crippen molar-refractivity contribution in [1.82, 2.24) is 0 Å². The van der Waals surface area contributed by atoms with Crippen molar-refractivity contribution in [3.8, 4) is 11.5 Å². The minimum Gasteiger partial charge on any atom is -0.507 e. The van der Waals surface area contributed by atoms with E-state index in [1.54, 1.807) is 30.3 Å². The van der Waals surface area contributed by atoms with Crippen LogP contribution in [-0.4, -0.2) is 17.5 Å². The zero-order chi connectivity index (χ0) is 13.8. The molecular formula is C15H15NO3. The van der Waals surface area contributed by atoms with E-state index in [0.29, 0.717) is 23.6 Å². The maximum Gasteiger partial charge on any atom is 0.196 e. The Morgan fingerprint density at radius 1 is 1.26 bits per heavy atom. The summed E-state index contributed by atoms with van der Waals surface area (Å²) in [7, 11) is 0. The van der Waals surface area contributed by atoms with Gasteiger partial charge in [-0.15, -0.1) is 0 Å². The number of benzene rings is 2. The summed E-state index contributed by atoms with van der Waals surface area (Å²) >= 11 is 0. The van der Waals surface area contributed by atoms with E-state index < -0.39 is 0 Å². The second kappa shape index (κ2) is 5.44. The third kappa shape index (κ3) is 2.85. The lowest BCUT2D eigenvalue weighted by molar-refractivity contribution is 0.103. The molecular weight excluding hydrogens is 242 g/mol. The van der Waals surface area contributed by atoms with Crippen LogP contribution in [0.2, 0.25) is 0 Å². The number of rotatable bonds is 4. The van der Waals surface area contributed by atoms with Crippen molar-refractivity contribution in [2.75, 3.05) is 12.3 Å². The Labute approximate surface area is 111 Å². The van der Waals surface area contributed by atoms with E-state index in [2.05, 4.69) is 0 Å². The summed E-state index contributed by atoms with van der Waals surface area (Å²) in [6, 6.07) is 11.2. The van der Waals surface area contributed by atoms with Crippen LogP contribution in [0.3, 0.4) is 0 Å². The van der Waals surface area contributed by atoms with Crippen molar-refractivity contribution in [3.63, 3.8) is 0 Å². The van der Waals surface area contributed by atoms with Crippen molar-refractivity contribution in [3.05, 3.63) is 53.6 Å². The topological polar surface area (TPSA) is 72.5 Å². The highest BCUT2D eigenvalue weighted by Gasteiger charge is 2.14. The molecule has 0 saturated carbocycles. The molecule has 0 radical (unpaired) electrons. The maximum atomic E-state index is 12.3. The lowest BCUT2D eigenvalue weighted by Crippen LogP contribution is -2.03. The van der Waals surface area contributed by atoms with E-state index in [9.17, 15) is 9.90 Å². The Balaban J connectivity index is 2.40. The number of carbonyl (C=O) groups excluding carboxylic acids is 1. The molecule has 3 N–H and O–H groups in total. The molecule has 0 aliphatic carbocycles. The van der Waals surface area contributed by atoms with Gasteiger partial charge in [0.1, 0.15) is 11.5 Å². The minimum absolute atomic E-state index is 0.0733. The van der Waals surface area contributed by atoms with Crippen LogP contribution < -0.4 is 10.5 Å². The van der Waals surface area contributed by atoms with Gasteiger partial charge in [-0.25, -0.2) is 0 Å². The van der Waals surface area contributed by atoms with Gasteiger partial charge in [-0.1, -0.05) is 12.1 Å². The van der Waals surface area contributed by atoms with Crippen LogP contribution in [0.15, 0.2) is 42.5 Å². The highest BCUT2D eigenvalue weighted by Crippen LogP contribution is 2.26. The van der Waals surface area contributed by atoms with Crippen molar-refractivity contribution >= 4 is 11.5 Å². The van der Waals surface area contributed by atoms with Gasteiger partial charge in [0.25, 0.3) is 0 Å². The molecule has 0 unspecified atom stereocenters. The first kappa shape index (κ1) is 13.0. The Bertz CT molecular complexity index is 608. The third-order valence-corrected chi connectivity index (χ3v) is 2.67. The summed E-state index contributed by atoms with van der Waals surface area (Å²) in [6.45, 7) is 2.35. The number of hydrogen-bond acceptors (Lipinski definition) is 4. The predicted molar refractivity (Wildman–Crippen MR) is 73.6 cm³/mol. The van der Waals surface area contributed by atoms with Crippen molar-refractivity contribution in [2.45, 2.75) is 6.92 Å². The number of nitrogen functional groups attached to an aromatic ring is 1. The highest BCUT2D eigenvalue weighted by molar-refractivity contribution is 6.11. The first-order valence-corrected chi connectivity index (χ1v) is 5.98. The standard InChI is InChI=1S/C15H15NO3/c1-2-19-12-6-7-14(17)13(9-12)15(18)10-4-3-5-11(16)8-10/h3-9,17H,2,16H2,1H3. The van der Waals surface area contributed by atoms with Crippen LogP contribution >= 0.6 is 0 Å². The van der Waals surface area contributed by atoms with Gasteiger partial charge in [0.2, 0.25) is 0 Å². The quantitative estimate of drug-likeness (QED) is 0.652. The van der Waals surface area contributed by atoms with Crippen LogP contribution in [-0.2, 0) is 0 Å². The van der Waals surface area contributed by atoms with E-state index in [0.717, 1.165) is 0 Å². The second-order valence-corrected chi connectivity index (χ2v) is 4.07. The Hall–Kier alpha value is -2.49. The highest BCUT2D eigenvalue weighted by atomic mass is 16.5. The number of hydrogen-bond donors (Lipinski definition) is 2. The van der Waals surface area contributed by atoms with Crippen LogP contribution in [0, 0.1) is 0 Å². The average molecular weight is 257 g/mol. The first-order chi connectivity index (χ1) is 9.11. The summed E-state index contributed by atoms with van der Waals surface area (Å²) in [4.78, 5) is 12.3. The number of ether oxygens (including phenoxy) is 1. The maximum absolute atomic E-state index is 12.3. The smallest absolute Gasteiger partial charge is 0.196 e. The van der Waals surface area contributed by atoms with Crippen LogP contribution in [0.4, 0.5) is 5.69 Å². The molecule has 19 heavy (non-hydrogen) atoms. The molecule has 4 nitrogen and oxygen atoms in total. The summed E-state index contributed by atoms with van der Waals surface area (Å²) in [5.41, 5.74) is 6.80. The molecule has 2 rings (SSSR count). The van der Waals surface area contributed by atoms with Crippen LogP contribution in [0.1, 0.15) is 22.8 Å². The molecule has 0 aromatic heterocycles. The van der Waals surface area contributed by atoms with Gasteiger partial charge in [0.05, 0.1) is 12.2 Å². The van der Waals surface area contributed by atoms with Gasteiger partial charge >= 0.3 is 0 Å². The monoisotopic (exact) mass is 257 g/mol. The Morgan fingerprint density at radius 2 is 2.05 bits per heavy atom. The van der Waals surface area contributed by atoms with Gasteiger partial charge in [-0.05, 0) is 37.3 Å². The molecule has 2 aromatic rings.